The maximum absolute atomic E-state index is 12.5. The highest BCUT2D eigenvalue weighted by Crippen LogP contribution is 2.25. The van der Waals surface area contributed by atoms with Gasteiger partial charge < -0.3 is 5.32 Å². The average molecular weight is 458 g/mol. The molecular formula is C17H15Cl3N6O3. The van der Waals surface area contributed by atoms with Crippen molar-refractivity contribution in [2.24, 2.45) is 0 Å². The molecule has 0 bridgehead atoms. The first-order valence-electron chi connectivity index (χ1n) is 8.33. The lowest BCUT2D eigenvalue weighted by Crippen LogP contribution is -2.24. The minimum Gasteiger partial charge on any atom is -0.306 e. The standard InChI is InChI=1S/C17H15Cl3N6O3/c1-9-15(26(28)29)8-25(22-9)10(2)17(27)21-16-14(20)7-24(23-16)6-11-3-4-12(18)13(19)5-11/h3-5,7-8,10H,6H2,1-2H3,(H,21,23,27). The third-order valence-electron chi connectivity index (χ3n) is 4.15. The molecule has 0 spiro atoms. The lowest BCUT2D eigenvalue weighted by Gasteiger charge is -2.11. The summed E-state index contributed by atoms with van der Waals surface area (Å²) in [5, 5.41) is 23.0. The number of nitrogens with one attached hydrogen (secondary N) is 1. The second kappa shape index (κ2) is 8.40. The fourth-order valence-electron chi connectivity index (χ4n) is 2.58. The molecule has 3 rings (SSSR count). The maximum atomic E-state index is 12.5. The zero-order chi connectivity index (χ0) is 21.3. The number of aromatic nitrogens is 4. The van der Waals surface area contributed by atoms with E-state index in [1.807, 2.05) is 0 Å². The zero-order valence-corrected chi connectivity index (χ0v) is 17.5. The van der Waals surface area contributed by atoms with Crippen LogP contribution in [-0.2, 0) is 11.3 Å². The SMILES string of the molecule is Cc1nn(C(C)C(=O)Nc2nn(Cc3ccc(Cl)c(Cl)c3)cc2Cl)cc1[N+](=O)[O-]. The van der Waals surface area contributed by atoms with Gasteiger partial charge in [-0.1, -0.05) is 40.9 Å². The summed E-state index contributed by atoms with van der Waals surface area (Å²) >= 11 is 18.1. The first-order valence-corrected chi connectivity index (χ1v) is 9.47. The van der Waals surface area contributed by atoms with Gasteiger partial charge in [0.2, 0.25) is 5.91 Å². The van der Waals surface area contributed by atoms with Gasteiger partial charge in [0.15, 0.2) is 5.82 Å². The fourth-order valence-corrected chi connectivity index (χ4v) is 3.10. The predicted octanol–water partition coefficient (Wildman–Crippen LogP) is 4.50. The first-order chi connectivity index (χ1) is 13.7. The van der Waals surface area contributed by atoms with Crippen molar-refractivity contribution >= 4 is 52.2 Å². The van der Waals surface area contributed by atoms with E-state index in [1.54, 1.807) is 36.0 Å². The summed E-state index contributed by atoms with van der Waals surface area (Å²) in [6.45, 7) is 3.43. The number of rotatable bonds is 6. The van der Waals surface area contributed by atoms with Crippen molar-refractivity contribution in [3.8, 4) is 0 Å². The van der Waals surface area contributed by atoms with E-state index in [0.717, 1.165) is 5.56 Å². The van der Waals surface area contributed by atoms with Crippen molar-refractivity contribution in [3.05, 3.63) is 67.0 Å². The summed E-state index contributed by atoms with van der Waals surface area (Å²) < 4.78 is 2.77. The van der Waals surface area contributed by atoms with E-state index in [1.165, 1.54) is 17.8 Å². The number of hydrogen-bond acceptors (Lipinski definition) is 5. The molecular weight excluding hydrogens is 443 g/mol. The van der Waals surface area contributed by atoms with Crippen molar-refractivity contribution in [1.29, 1.82) is 0 Å². The molecule has 0 aliphatic rings. The number of halogens is 3. The van der Waals surface area contributed by atoms with Gasteiger partial charge in [-0.25, -0.2) is 0 Å². The van der Waals surface area contributed by atoms with Gasteiger partial charge in [-0.15, -0.1) is 0 Å². The third kappa shape index (κ3) is 4.69. The second-order valence-corrected chi connectivity index (χ2v) is 7.50. The number of nitrogens with zero attached hydrogens (tertiary/aromatic N) is 5. The van der Waals surface area contributed by atoms with Crippen molar-refractivity contribution in [1.82, 2.24) is 19.6 Å². The number of anilines is 1. The third-order valence-corrected chi connectivity index (χ3v) is 5.17. The Morgan fingerprint density at radius 1 is 1.21 bits per heavy atom. The maximum Gasteiger partial charge on any atom is 0.309 e. The minimum absolute atomic E-state index is 0.159. The minimum atomic E-state index is -0.807. The summed E-state index contributed by atoms with van der Waals surface area (Å²) in [6.07, 6.45) is 2.78. The Morgan fingerprint density at radius 3 is 2.55 bits per heavy atom. The molecule has 2 aromatic heterocycles. The molecule has 1 aromatic carbocycles. The van der Waals surface area contributed by atoms with Gasteiger partial charge in [0.1, 0.15) is 23.0 Å². The van der Waals surface area contributed by atoms with Crippen LogP contribution in [0.4, 0.5) is 11.5 Å². The first kappa shape index (κ1) is 21.1. The van der Waals surface area contributed by atoms with Gasteiger partial charge in [0.05, 0.1) is 21.5 Å². The second-order valence-electron chi connectivity index (χ2n) is 6.27. The Balaban J connectivity index is 1.73. The monoisotopic (exact) mass is 456 g/mol. The molecule has 9 nitrogen and oxygen atoms in total. The van der Waals surface area contributed by atoms with Crippen LogP contribution in [0.3, 0.4) is 0 Å². The predicted molar refractivity (Wildman–Crippen MR) is 110 cm³/mol. The van der Waals surface area contributed by atoms with Gasteiger partial charge >= 0.3 is 5.69 Å². The van der Waals surface area contributed by atoms with Gasteiger partial charge in [-0.3, -0.25) is 24.3 Å². The highest BCUT2D eigenvalue weighted by atomic mass is 35.5. The fraction of sp³-hybridized carbons (Fsp3) is 0.235. The zero-order valence-electron chi connectivity index (χ0n) is 15.3. The van der Waals surface area contributed by atoms with Crippen molar-refractivity contribution in [2.75, 3.05) is 5.32 Å². The van der Waals surface area contributed by atoms with Gasteiger partial charge in [0, 0.05) is 6.20 Å². The average Bonchev–Trinajstić information content (AvgIpc) is 3.20. The van der Waals surface area contributed by atoms with E-state index in [4.69, 9.17) is 34.8 Å². The molecule has 29 heavy (non-hydrogen) atoms. The van der Waals surface area contributed by atoms with Crippen LogP contribution in [0.25, 0.3) is 0 Å². The van der Waals surface area contributed by atoms with Crippen LogP contribution in [0.2, 0.25) is 15.1 Å². The molecule has 12 heteroatoms. The molecule has 152 valence electrons. The van der Waals surface area contributed by atoms with E-state index in [-0.39, 0.29) is 22.2 Å². The largest absolute Gasteiger partial charge is 0.309 e. The number of hydrogen-bond donors (Lipinski definition) is 1. The van der Waals surface area contributed by atoms with Gasteiger partial charge in [0.25, 0.3) is 0 Å². The van der Waals surface area contributed by atoms with Crippen LogP contribution in [0.5, 0.6) is 0 Å². The summed E-state index contributed by atoms with van der Waals surface area (Å²) in [6, 6.07) is 4.39. The van der Waals surface area contributed by atoms with E-state index >= 15 is 0 Å². The number of carbonyl (C=O) groups excluding carboxylic acids is 1. The number of nitro groups is 1. The lowest BCUT2D eigenvalue weighted by molar-refractivity contribution is -0.385. The number of amides is 1. The molecule has 3 aromatic rings. The molecule has 1 atom stereocenters. The Labute approximate surface area is 180 Å². The molecule has 0 saturated carbocycles. The van der Waals surface area contributed by atoms with Crippen molar-refractivity contribution in [2.45, 2.75) is 26.4 Å². The van der Waals surface area contributed by atoms with Crippen LogP contribution < -0.4 is 5.32 Å². The highest BCUT2D eigenvalue weighted by Gasteiger charge is 2.23. The van der Waals surface area contributed by atoms with Crippen molar-refractivity contribution < 1.29 is 9.72 Å². The highest BCUT2D eigenvalue weighted by molar-refractivity contribution is 6.42. The van der Waals surface area contributed by atoms with E-state index in [0.29, 0.717) is 16.6 Å². The smallest absolute Gasteiger partial charge is 0.306 e. The van der Waals surface area contributed by atoms with Crippen LogP contribution >= 0.6 is 34.8 Å². The van der Waals surface area contributed by atoms with Crippen LogP contribution in [0.15, 0.2) is 30.6 Å². The quantitative estimate of drug-likeness (QED) is 0.433. The van der Waals surface area contributed by atoms with E-state index in [2.05, 4.69) is 15.5 Å². The summed E-state index contributed by atoms with van der Waals surface area (Å²) in [4.78, 5) is 22.9. The molecule has 1 N–H and O–H groups in total. The lowest BCUT2D eigenvalue weighted by atomic mass is 10.2. The van der Waals surface area contributed by atoms with Crippen molar-refractivity contribution in [3.63, 3.8) is 0 Å². The Kier molecular flexibility index (Phi) is 6.11. The van der Waals surface area contributed by atoms with Gasteiger partial charge in [-0.2, -0.15) is 10.2 Å². The summed E-state index contributed by atoms with van der Waals surface area (Å²) in [5.74, 6) is -0.300. The van der Waals surface area contributed by atoms with Crippen LogP contribution in [0, 0.1) is 17.0 Å². The van der Waals surface area contributed by atoms with Gasteiger partial charge in [-0.05, 0) is 31.5 Å². The number of aryl methyl sites for hydroxylation is 1. The normalized spacial score (nSPS) is 12.0. The summed E-state index contributed by atoms with van der Waals surface area (Å²) in [7, 11) is 0. The van der Waals surface area contributed by atoms with E-state index < -0.39 is 16.9 Å². The van der Waals surface area contributed by atoms with Crippen LogP contribution in [0.1, 0.15) is 24.2 Å². The molecule has 0 radical (unpaired) electrons. The van der Waals surface area contributed by atoms with E-state index in [9.17, 15) is 14.9 Å². The Bertz CT molecular complexity index is 1090. The molecule has 0 aliphatic heterocycles. The van der Waals surface area contributed by atoms with Crippen LogP contribution in [-0.4, -0.2) is 30.4 Å². The molecule has 1 unspecified atom stereocenters. The Morgan fingerprint density at radius 2 is 1.93 bits per heavy atom. The molecule has 1 amide bonds. The molecule has 2 heterocycles. The number of benzene rings is 1. The topological polar surface area (TPSA) is 108 Å². The molecule has 0 aliphatic carbocycles. The molecule has 0 fully saturated rings. The Hall–Kier alpha value is -2.62. The number of carbonyl (C=O) groups is 1. The molecule has 0 saturated heterocycles. The summed E-state index contributed by atoms with van der Waals surface area (Å²) in [5.41, 5.74) is 0.913.